The van der Waals surface area contributed by atoms with E-state index in [4.69, 9.17) is 10.5 Å². The van der Waals surface area contributed by atoms with E-state index in [0.717, 1.165) is 29.7 Å². The molecular formula is C13H17N3O. The number of nitrogens with two attached hydrogens (primary N) is 1. The van der Waals surface area contributed by atoms with E-state index < -0.39 is 5.54 Å². The molecule has 4 nitrogen and oxygen atoms in total. The summed E-state index contributed by atoms with van der Waals surface area (Å²) in [6.07, 6.45) is 1.86. The summed E-state index contributed by atoms with van der Waals surface area (Å²) >= 11 is 0. The van der Waals surface area contributed by atoms with E-state index in [0.29, 0.717) is 13.2 Å². The molecule has 90 valence electrons. The summed E-state index contributed by atoms with van der Waals surface area (Å²) in [6, 6.07) is 6.31. The van der Waals surface area contributed by atoms with E-state index in [2.05, 4.69) is 29.0 Å². The molecule has 3 rings (SSSR count). The Hall–Kier alpha value is -1.39. The van der Waals surface area contributed by atoms with Gasteiger partial charge in [-0.15, -0.1) is 0 Å². The molecule has 1 saturated heterocycles. The molecule has 0 radical (unpaired) electrons. The van der Waals surface area contributed by atoms with Gasteiger partial charge in [0.2, 0.25) is 0 Å². The number of aromatic nitrogens is 2. The third kappa shape index (κ3) is 1.73. The van der Waals surface area contributed by atoms with Crippen LogP contribution >= 0.6 is 0 Å². The molecule has 3 N–H and O–H groups in total. The summed E-state index contributed by atoms with van der Waals surface area (Å²) in [4.78, 5) is 7.92. The predicted molar refractivity (Wildman–Crippen MR) is 66.8 cm³/mol. The van der Waals surface area contributed by atoms with Crippen molar-refractivity contribution in [3.63, 3.8) is 0 Å². The zero-order valence-corrected chi connectivity index (χ0v) is 9.99. The number of rotatable bonds is 2. The van der Waals surface area contributed by atoms with Crippen LogP contribution in [0.3, 0.4) is 0 Å². The van der Waals surface area contributed by atoms with Gasteiger partial charge < -0.3 is 15.5 Å². The summed E-state index contributed by atoms with van der Waals surface area (Å²) in [5, 5.41) is 0. The average molecular weight is 231 g/mol. The molecule has 1 atom stereocenters. The number of benzene rings is 1. The van der Waals surface area contributed by atoms with Crippen LogP contribution in [0.5, 0.6) is 0 Å². The Balaban J connectivity index is 2.07. The van der Waals surface area contributed by atoms with Gasteiger partial charge in [-0.05, 0) is 30.5 Å². The summed E-state index contributed by atoms with van der Waals surface area (Å²) in [6.45, 7) is 3.41. The zero-order valence-electron chi connectivity index (χ0n) is 9.99. The second kappa shape index (κ2) is 3.82. The maximum atomic E-state index is 6.30. The summed E-state index contributed by atoms with van der Waals surface area (Å²) < 4.78 is 5.37. The first kappa shape index (κ1) is 10.7. The molecule has 1 fully saturated rings. The number of hydrogen-bond donors (Lipinski definition) is 2. The highest BCUT2D eigenvalue weighted by Gasteiger charge is 2.35. The van der Waals surface area contributed by atoms with E-state index >= 15 is 0 Å². The zero-order chi connectivity index (χ0) is 11.9. The number of imidazole rings is 1. The van der Waals surface area contributed by atoms with Crippen molar-refractivity contribution in [2.45, 2.75) is 25.3 Å². The molecule has 1 unspecified atom stereocenters. The summed E-state index contributed by atoms with van der Waals surface area (Å²) in [7, 11) is 0. The van der Waals surface area contributed by atoms with Gasteiger partial charge in [0.25, 0.3) is 0 Å². The van der Waals surface area contributed by atoms with E-state index in [9.17, 15) is 0 Å². The van der Waals surface area contributed by atoms with Crippen molar-refractivity contribution < 1.29 is 4.74 Å². The van der Waals surface area contributed by atoms with Crippen LogP contribution in [0.15, 0.2) is 18.2 Å². The lowest BCUT2D eigenvalue weighted by molar-refractivity contribution is 0.176. The van der Waals surface area contributed by atoms with Crippen molar-refractivity contribution in [2.75, 3.05) is 13.2 Å². The van der Waals surface area contributed by atoms with Crippen LogP contribution in [-0.2, 0) is 16.7 Å². The normalized spacial score (nSPS) is 24.6. The van der Waals surface area contributed by atoms with Gasteiger partial charge in [0.05, 0.1) is 17.6 Å². The van der Waals surface area contributed by atoms with Gasteiger partial charge in [-0.1, -0.05) is 13.0 Å². The maximum Gasteiger partial charge on any atom is 0.129 e. The number of aromatic amines is 1. The van der Waals surface area contributed by atoms with E-state index in [-0.39, 0.29) is 0 Å². The van der Waals surface area contributed by atoms with Crippen molar-refractivity contribution in [1.82, 2.24) is 9.97 Å². The topological polar surface area (TPSA) is 63.9 Å². The Morgan fingerprint density at radius 2 is 2.41 bits per heavy atom. The van der Waals surface area contributed by atoms with Gasteiger partial charge in [0.15, 0.2) is 0 Å². The van der Waals surface area contributed by atoms with Gasteiger partial charge in [-0.25, -0.2) is 4.98 Å². The second-order valence-corrected chi connectivity index (χ2v) is 4.75. The molecule has 0 saturated carbocycles. The van der Waals surface area contributed by atoms with Gasteiger partial charge in [0, 0.05) is 6.61 Å². The number of nitrogens with one attached hydrogen (secondary N) is 1. The van der Waals surface area contributed by atoms with Crippen LogP contribution in [0.4, 0.5) is 0 Å². The van der Waals surface area contributed by atoms with Crippen LogP contribution in [0.1, 0.15) is 24.7 Å². The van der Waals surface area contributed by atoms with Gasteiger partial charge in [0.1, 0.15) is 11.4 Å². The average Bonchev–Trinajstić information content (AvgIpc) is 2.94. The molecule has 0 bridgehead atoms. The molecule has 2 aromatic rings. The van der Waals surface area contributed by atoms with Gasteiger partial charge >= 0.3 is 0 Å². The van der Waals surface area contributed by atoms with Crippen LogP contribution in [0, 0.1) is 0 Å². The van der Waals surface area contributed by atoms with Crippen molar-refractivity contribution in [2.24, 2.45) is 5.73 Å². The van der Waals surface area contributed by atoms with Crippen LogP contribution < -0.4 is 5.73 Å². The number of fused-ring (bicyclic) bond motifs is 1. The van der Waals surface area contributed by atoms with Crippen molar-refractivity contribution in [3.8, 4) is 0 Å². The number of H-pyrrole nitrogens is 1. The van der Waals surface area contributed by atoms with Gasteiger partial charge in [-0.2, -0.15) is 0 Å². The lowest BCUT2D eigenvalue weighted by atomic mass is 10.00. The number of ether oxygens (including phenoxy) is 1. The quantitative estimate of drug-likeness (QED) is 0.826. The molecule has 2 heterocycles. The minimum atomic E-state index is -0.439. The monoisotopic (exact) mass is 231 g/mol. The highest BCUT2D eigenvalue weighted by Crippen LogP contribution is 2.27. The summed E-state index contributed by atoms with van der Waals surface area (Å²) in [5.74, 6) is 0.846. The number of hydrogen-bond acceptors (Lipinski definition) is 3. The fourth-order valence-corrected chi connectivity index (χ4v) is 2.28. The standard InChI is InChI=1S/C13H17N3O/c1-2-9-3-4-10-11(7-9)16-12(15-10)13(14)5-6-17-8-13/h3-4,7H,2,5-6,8,14H2,1H3,(H,15,16). The first-order valence-corrected chi connectivity index (χ1v) is 6.07. The van der Waals surface area contributed by atoms with E-state index in [1.54, 1.807) is 0 Å². The molecule has 17 heavy (non-hydrogen) atoms. The van der Waals surface area contributed by atoms with E-state index in [1.165, 1.54) is 5.56 Å². The van der Waals surface area contributed by atoms with Crippen LogP contribution in [0.2, 0.25) is 0 Å². The first-order valence-electron chi connectivity index (χ1n) is 6.07. The molecule has 0 aliphatic carbocycles. The fourth-order valence-electron chi connectivity index (χ4n) is 2.28. The summed E-state index contributed by atoms with van der Waals surface area (Å²) in [5.41, 5.74) is 9.21. The third-order valence-corrected chi connectivity index (χ3v) is 3.48. The number of nitrogens with zero attached hydrogens (tertiary/aromatic N) is 1. The van der Waals surface area contributed by atoms with Crippen LogP contribution in [-0.4, -0.2) is 23.2 Å². The smallest absolute Gasteiger partial charge is 0.129 e. The molecular weight excluding hydrogens is 214 g/mol. The maximum absolute atomic E-state index is 6.30. The number of aryl methyl sites for hydroxylation is 1. The fraction of sp³-hybridized carbons (Fsp3) is 0.462. The lowest BCUT2D eigenvalue weighted by Crippen LogP contribution is -2.38. The van der Waals surface area contributed by atoms with Crippen LogP contribution in [0.25, 0.3) is 11.0 Å². The third-order valence-electron chi connectivity index (χ3n) is 3.48. The molecule has 4 heteroatoms. The minimum absolute atomic E-state index is 0.439. The molecule has 1 aromatic carbocycles. The Bertz CT molecular complexity index is 541. The van der Waals surface area contributed by atoms with Gasteiger partial charge in [-0.3, -0.25) is 0 Å². The Labute approximate surface area is 100 Å². The van der Waals surface area contributed by atoms with Crippen molar-refractivity contribution >= 4 is 11.0 Å². The largest absolute Gasteiger partial charge is 0.379 e. The Morgan fingerprint density at radius 3 is 3.12 bits per heavy atom. The molecule has 1 aromatic heterocycles. The van der Waals surface area contributed by atoms with E-state index in [1.807, 2.05) is 6.07 Å². The minimum Gasteiger partial charge on any atom is -0.379 e. The second-order valence-electron chi connectivity index (χ2n) is 4.75. The molecule has 1 aliphatic heterocycles. The predicted octanol–water partition coefficient (Wildman–Crippen LogP) is 1.70. The molecule has 0 spiro atoms. The highest BCUT2D eigenvalue weighted by molar-refractivity contribution is 5.76. The molecule has 1 aliphatic rings. The Kier molecular flexibility index (Phi) is 2.42. The van der Waals surface area contributed by atoms with Crippen molar-refractivity contribution in [1.29, 1.82) is 0 Å². The Morgan fingerprint density at radius 1 is 1.53 bits per heavy atom. The molecule has 0 amide bonds. The SMILES string of the molecule is CCc1ccc2nc(C3(N)CCOC3)[nH]c2c1. The van der Waals surface area contributed by atoms with Crippen molar-refractivity contribution in [3.05, 3.63) is 29.6 Å². The first-order chi connectivity index (χ1) is 8.21. The lowest BCUT2D eigenvalue weighted by Gasteiger charge is -2.17. The highest BCUT2D eigenvalue weighted by atomic mass is 16.5.